The zero-order chi connectivity index (χ0) is 17.1. The second-order valence-corrected chi connectivity index (χ2v) is 9.44. The van der Waals surface area contributed by atoms with Crippen LogP contribution >= 0.6 is 0 Å². The first-order valence-electron chi connectivity index (χ1n) is 7.66. The molecule has 0 aliphatic heterocycles. The van der Waals surface area contributed by atoms with Crippen molar-refractivity contribution >= 4 is 19.6 Å². The van der Waals surface area contributed by atoms with Crippen molar-refractivity contribution in [3.8, 4) is 5.75 Å². The molecule has 0 aromatic heterocycles. The van der Waals surface area contributed by atoms with Gasteiger partial charge in [0.25, 0.3) is 0 Å². The summed E-state index contributed by atoms with van der Waals surface area (Å²) in [7, 11) is 2.02. The van der Waals surface area contributed by atoms with E-state index < -0.39 is 8.80 Å². The Morgan fingerprint density at radius 1 is 0.826 bits per heavy atom. The normalized spacial score (nSPS) is 12.6. The second kappa shape index (κ2) is 7.01. The van der Waals surface area contributed by atoms with E-state index in [1.54, 1.807) is 21.3 Å². The highest BCUT2D eigenvalue weighted by Crippen LogP contribution is 2.28. The first kappa shape index (κ1) is 17.9. The molecule has 0 aliphatic rings. The molecule has 2 rings (SSSR count). The van der Waals surface area contributed by atoms with E-state index in [4.69, 9.17) is 18.0 Å². The van der Waals surface area contributed by atoms with Gasteiger partial charge in [0, 0.05) is 21.3 Å². The minimum absolute atomic E-state index is 0.143. The Morgan fingerprint density at radius 3 is 1.96 bits per heavy atom. The topological polar surface area (TPSA) is 36.9 Å². The SMILES string of the molecule is CO[Si](COc1ccc2cc(C(C)(C)C)ccc2c1)(OC)OC. The van der Waals surface area contributed by atoms with Gasteiger partial charge in [-0.2, -0.15) is 0 Å². The van der Waals surface area contributed by atoms with Gasteiger partial charge in [0.05, 0.1) is 0 Å². The van der Waals surface area contributed by atoms with Gasteiger partial charge in [0.1, 0.15) is 5.75 Å². The van der Waals surface area contributed by atoms with Crippen LogP contribution in [0.5, 0.6) is 5.75 Å². The lowest BCUT2D eigenvalue weighted by atomic mass is 9.86. The van der Waals surface area contributed by atoms with E-state index in [9.17, 15) is 0 Å². The maximum atomic E-state index is 5.84. The summed E-state index contributed by atoms with van der Waals surface area (Å²) in [6.07, 6.45) is 0.280. The summed E-state index contributed by atoms with van der Waals surface area (Å²) in [4.78, 5) is 0. The van der Waals surface area contributed by atoms with E-state index in [-0.39, 0.29) is 11.6 Å². The van der Waals surface area contributed by atoms with Crippen LogP contribution in [0.4, 0.5) is 0 Å². The van der Waals surface area contributed by atoms with Crippen molar-refractivity contribution in [1.29, 1.82) is 0 Å². The predicted molar refractivity (Wildman–Crippen MR) is 94.9 cm³/mol. The molecule has 126 valence electrons. The Labute approximate surface area is 139 Å². The maximum Gasteiger partial charge on any atom is 0.539 e. The number of hydrogen-bond acceptors (Lipinski definition) is 4. The van der Waals surface area contributed by atoms with Gasteiger partial charge in [0.15, 0.2) is 6.23 Å². The molecule has 0 heterocycles. The molecule has 5 heteroatoms. The van der Waals surface area contributed by atoms with Crippen molar-refractivity contribution in [3.05, 3.63) is 42.0 Å². The minimum Gasteiger partial charge on any atom is -0.489 e. The fourth-order valence-corrected chi connectivity index (χ4v) is 3.58. The summed E-state index contributed by atoms with van der Waals surface area (Å²) in [5.41, 5.74) is 1.47. The van der Waals surface area contributed by atoms with Crippen molar-refractivity contribution in [3.63, 3.8) is 0 Å². The molecule has 4 nitrogen and oxygen atoms in total. The monoisotopic (exact) mass is 334 g/mol. The fraction of sp³-hybridized carbons (Fsp3) is 0.444. The zero-order valence-electron chi connectivity index (χ0n) is 14.8. The van der Waals surface area contributed by atoms with Crippen LogP contribution in [-0.2, 0) is 18.7 Å². The fourth-order valence-electron chi connectivity index (χ4n) is 2.38. The third-order valence-corrected chi connectivity index (χ3v) is 6.39. The van der Waals surface area contributed by atoms with E-state index >= 15 is 0 Å². The quantitative estimate of drug-likeness (QED) is 0.750. The Kier molecular flexibility index (Phi) is 5.47. The molecule has 23 heavy (non-hydrogen) atoms. The van der Waals surface area contributed by atoms with Crippen LogP contribution in [-0.4, -0.2) is 36.4 Å². The zero-order valence-corrected chi connectivity index (χ0v) is 15.8. The van der Waals surface area contributed by atoms with Gasteiger partial charge in [0.2, 0.25) is 0 Å². The smallest absolute Gasteiger partial charge is 0.489 e. The average Bonchev–Trinajstić information content (AvgIpc) is 2.55. The third-order valence-electron chi connectivity index (χ3n) is 4.03. The van der Waals surface area contributed by atoms with Crippen molar-refractivity contribution in [2.75, 3.05) is 27.6 Å². The first-order valence-corrected chi connectivity index (χ1v) is 9.59. The van der Waals surface area contributed by atoms with Crippen molar-refractivity contribution < 1.29 is 18.0 Å². The van der Waals surface area contributed by atoms with Crippen molar-refractivity contribution in [2.24, 2.45) is 0 Å². The molecular formula is C18H26O4Si. The van der Waals surface area contributed by atoms with Gasteiger partial charge in [-0.05, 0) is 33.9 Å². The highest BCUT2D eigenvalue weighted by molar-refractivity contribution is 6.60. The summed E-state index contributed by atoms with van der Waals surface area (Å²) < 4.78 is 21.9. The summed E-state index contributed by atoms with van der Waals surface area (Å²) >= 11 is 0. The van der Waals surface area contributed by atoms with Gasteiger partial charge in [-0.25, -0.2) is 0 Å². The molecule has 0 bridgehead atoms. The number of fused-ring (bicyclic) bond motifs is 1. The highest BCUT2D eigenvalue weighted by Gasteiger charge is 2.39. The van der Waals surface area contributed by atoms with Crippen LogP contribution in [0, 0.1) is 0 Å². The lowest BCUT2D eigenvalue weighted by Crippen LogP contribution is -2.49. The Morgan fingerprint density at radius 2 is 1.39 bits per heavy atom. The van der Waals surface area contributed by atoms with Gasteiger partial charge >= 0.3 is 8.80 Å². The number of benzene rings is 2. The van der Waals surface area contributed by atoms with Crippen LogP contribution in [0.2, 0.25) is 0 Å². The number of rotatable bonds is 6. The van der Waals surface area contributed by atoms with Crippen molar-refractivity contribution in [2.45, 2.75) is 26.2 Å². The summed E-state index contributed by atoms with van der Waals surface area (Å²) in [6.45, 7) is 6.66. The van der Waals surface area contributed by atoms with Gasteiger partial charge in [-0.15, -0.1) is 0 Å². The molecule has 0 saturated heterocycles. The first-order chi connectivity index (χ1) is 10.8. The molecule has 0 fully saturated rings. The Bertz CT molecular complexity index is 651. The average molecular weight is 334 g/mol. The van der Waals surface area contributed by atoms with Crippen molar-refractivity contribution in [1.82, 2.24) is 0 Å². The van der Waals surface area contributed by atoms with Crippen LogP contribution < -0.4 is 4.74 Å². The Balaban J connectivity index is 2.21. The van der Waals surface area contributed by atoms with E-state index in [2.05, 4.69) is 45.0 Å². The second-order valence-electron chi connectivity index (χ2n) is 6.56. The molecule has 0 N–H and O–H groups in total. The lowest BCUT2D eigenvalue weighted by Gasteiger charge is -2.24. The molecule has 0 saturated carbocycles. The molecule has 0 spiro atoms. The molecule has 0 aliphatic carbocycles. The molecular weight excluding hydrogens is 308 g/mol. The predicted octanol–water partition coefficient (Wildman–Crippen LogP) is 3.93. The van der Waals surface area contributed by atoms with Gasteiger partial charge in [-0.3, -0.25) is 0 Å². The lowest BCUT2D eigenvalue weighted by molar-refractivity contribution is 0.100. The van der Waals surface area contributed by atoms with E-state index in [0.717, 1.165) is 11.1 Å². The summed E-state index contributed by atoms with van der Waals surface area (Å²) in [5.74, 6) is 0.782. The third kappa shape index (κ3) is 4.12. The molecule has 2 aromatic carbocycles. The van der Waals surface area contributed by atoms with Crippen LogP contribution in [0.3, 0.4) is 0 Å². The van der Waals surface area contributed by atoms with Crippen LogP contribution in [0.25, 0.3) is 10.8 Å². The molecule has 0 amide bonds. The standard InChI is InChI=1S/C18H26O4Si/c1-18(2,3)16-9-7-15-12-17(10-8-14(15)11-16)22-13-23(19-4,20-5)21-6/h7-12H,13H2,1-6H3. The largest absolute Gasteiger partial charge is 0.539 e. The van der Waals surface area contributed by atoms with Crippen LogP contribution in [0.1, 0.15) is 26.3 Å². The Hall–Kier alpha value is -1.40. The van der Waals surface area contributed by atoms with E-state index in [1.165, 1.54) is 10.9 Å². The summed E-state index contributed by atoms with van der Waals surface area (Å²) in [5, 5.41) is 2.36. The summed E-state index contributed by atoms with van der Waals surface area (Å²) in [6, 6.07) is 12.6. The van der Waals surface area contributed by atoms with Gasteiger partial charge < -0.3 is 18.0 Å². The van der Waals surface area contributed by atoms with E-state index in [0.29, 0.717) is 0 Å². The minimum atomic E-state index is -2.72. The maximum absolute atomic E-state index is 5.84. The molecule has 2 aromatic rings. The molecule has 0 unspecified atom stereocenters. The van der Waals surface area contributed by atoms with Crippen LogP contribution in [0.15, 0.2) is 36.4 Å². The van der Waals surface area contributed by atoms with Gasteiger partial charge in [-0.1, -0.05) is 45.0 Å². The van der Waals surface area contributed by atoms with E-state index in [1.807, 2.05) is 12.1 Å². The molecule has 0 atom stereocenters. The molecule has 0 radical (unpaired) electrons. The number of ether oxygens (including phenoxy) is 1. The number of hydrogen-bond donors (Lipinski definition) is 0. The highest BCUT2D eigenvalue weighted by atomic mass is 28.4.